The van der Waals surface area contributed by atoms with E-state index in [-0.39, 0.29) is 32.2 Å². The van der Waals surface area contributed by atoms with E-state index >= 15 is 0 Å². The highest BCUT2D eigenvalue weighted by atomic mass is 35.5. The molecule has 3 aromatic rings. The molecule has 304 valence electrons. The van der Waals surface area contributed by atoms with E-state index in [1.165, 1.54) is 13.2 Å². The summed E-state index contributed by atoms with van der Waals surface area (Å²) in [6.07, 6.45) is 7.77. The predicted molar refractivity (Wildman–Crippen MR) is 213 cm³/mol. The number of aromatic nitrogens is 5. The Kier molecular flexibility index (Phi) is 21.9. The molecule has 0 fully saturated rings. The third-order valence-corrected chi connectivity index (χ3v) is 8.82. The largest absolute Gasteiger partial charge is 0.778 e. The number of carboxylic acids is 1. The van der Waals surface area contributed by atoms with E-state index in [2.05, 4.69) is 54.1 Å². The molecular formula is C30H47Cl2FN9O8PS3. The number of aliphatic carboxylic acids is 1. The molecule has 0 spiro atoms. The Bertz CT molecular complexity index is 1850. The van der Waals surface area contributed by atoms with E-state index < -0.39 is 38.2 Å². The SMILES string of the molecule is CCNc1nc(Cl)nc(NC(C)(C)C)n1.COC(=O)CSc1cc(N=c2sc(=O)n3n2CCCC3)c(F)cc1Cl.C[S+](C)C.O=C(O)CNCP(=O)([O-])O. The summed E-state index contributed by atoms with van der Waals surface area (Å²) in [5, 5.41) is 16.5. The maximum Gasteiger partial charge on any atom is 0.325 e. The normalized spacial score (nSPS) is 13.5. The van der Waals surface area contributed by atoms with Gasteiger partial charge in [-0.2, -0.15) is 15.0 Å². The number of rotatable bonds is 11. The van der Waals surface area contributed by atoms with Crippen molar-refractivity contribution in [3.63, 3.8) is 0 Å². The Balaban J connectivity index is 0.000000427. The van der Waals surface area contributed by atoms with Crippen LogP contribution in [0.1, 0.15) is 40.5 Å². The zero-order chi connectivity index (χ0) is 41.2. The molecule has 0 aliphatic carbocycles. The Morgan fingerprint density at radius 2 is 1.74 bits per heavy atom. The number of benzene rings is 1. The average Bonchev–Trinajstić information content (AvgIpc) is 3.35. The molecule has 0 radical (unpaired) electrons. The quantitative estimate of drug-likeness (QED) is 0.0801. The lowest BCUT2D eigenvalue weighted by atomic mass is 10.1. The number of carbonyl (C=O) groups is 2. The van der Waals surface area contributed by atoms with E-state index in [9.17, 15) is 28.2 Å². The Morgan fingerprint density at radius 3 is 2.28 bits per heavy atom. The highest BCUT2D eigenvalue weighted by molar-refractivity contribution is 8.00. The van der Waals surface area contributed by atoms with Gasteiger partial charge in [-0.15, -0.1) is 11.8 Å². The summed E-state index contributed by atoms with van der Waals surface area (Å²) in [6.45, 7) is 9.63. The molecule has 54 heavy (non-hydrogen) atoms. The fourth-order valence-corrected chi connectivity index (χ4v) is 6.26. The van der Waals surface area contributed by atoms with Gasteiger partial charge in [0.25, 0.3) is 0 Å². The molecule has 0 amide bonds. The summed E-state index contributed by atoms with van der Waals surface area (Å²) in [5.41, 5.74) is -0.0201. The van der Waals surface area contributed by atoms with Gasteiger partial charge in [-0.1, -0.05) is 11.6 Å². The number of thioether (sulfide) groups is 1. The molecule has 0 saturated heterocycles. The third-order valence-electron chi connectivity index (χ3n) is 5.70. The third kappa shape index (κ3) is 20.8. The van der Waals surface area contributed by atoms with E-state index in [4.69, 9.17) is 33.2 Å². The summed E-state index contributed by atoms with van der Waals surface area (Å²) in [5.74, 6) is -1.12. The molecular weight excluding hydrogens is 831 g/mol. The minimum absolute atomic E-state index is 0.0605. The Morgan fingerprint density at radius 1 is 1.15 bits per heavy atom. The zero-order valence-corrected chi connectivity index (χ0v) is 36.0. The number of hydrogen-bond donors (Lipinski definition) is 5. The van der Waals surface area contributed by atoms with Crippen molar-refractivity contribution in [3.8, 4) is 0 Å². The van der Waals surface area contributed by atoms with E-state index in [0.717, 1.165) is 48.6 Å². The smallest absolute Gasteiger partial charge is 0.325 e. The van der Waals surface area contributed by atoms with Crippen molar-refractivity contribution in [2.24, 2.45) is 4.99 Å². The monoisotopic (exact) mass is 877 g/mol. The van der Waals surface area contributed by atoms with Crippen LogP contribution in [0.3, 0.4) is 0 Å². The lowest BCUT2D eigenvalue weighted by Gasteiger charge is -2.20. The first-order valence-electron chi connectivity index (χ1n) is 16.0. The first-order chi connectivity index (χ1) is 25.0. The number of ether oxygens (including phenoxy) is 1. The van der Waals surface area contributed by atoms with Crippen LogP contribution in [-0.2, 0) is 42.9 Å². The summed E-state index contributed by atoms with van der Waals surface area (Å²) in [7, 11) is -2.41. The van der Waals surface area contributed by atoms with Gasteiger partial charge in [0.05, 0.1) is 49.5 Å². The zero-order valence-electron chi connectivity index (χ0n) is 31.1. The van der Waals surface area contributed by atoms with Gasteiger partial charge in [0.15, 0.2) is 0 Å². The predicted octanol–water partition coefficient (Wildman–Crippen LogP) is 3.62. The van der Waals surface area contributed by atoms with E-state index in [1.807, 2.05) is 33.0 Å². The Hall–Kier alpha value is -2.75. The molecule has 1 aliphatic heterocycles. The van der Waals surface area contributed by atoms with Crippen molar-refractivity contribution in [2.75, 3.05) is 61.6 Å². The van der Waals surface area contributed by atoms with Crippen molar-refractivity contribution < 1.29 is 38.2 Å². The van der Waals surface area contributed by atoms with Crippen LogP contribution in [0.25, 0.3) is 0 Å². The molecule has 2 aromatic heterocycles. The molecule has 0 bridgehead atoms. The first kappa shape index (κ1) is 49.3. The van der Waals surface area contributed by atoms with Crippen molar-refractivity contribution in [3.05, 3.63) is 42.7 Å². The van der Waals surface area contributed by atoms with Gasteiger partial charge in [-0.3, -0.25) is 24.4 Å². The van der Waals surface area contributed by atoms with Crippen LogP contribution in [0.5, 0.6) is 0 Å². The van der Waals surface area contributed by atoms with Crippen LogP contribution in [0, 0.1) is 5.82 Å². The molecule has 24 heteroatoms. The molecule has 5 N–H and O–H groups in total. The van der Waals surface area contributed by atoms with Gasteiger partial charge < -0.3 is 34.8 Å². The Labute approximate surface area is 334 Å². The van der Waals surface area contributed by atoms with Crippen LogP contribution in [0.2, 0.25) is 10.3 Å². The number of methoxy groups -OCH3 is 1. The molecule has 3 heterocycles. The van der Waals surface area contributed by atoms with Gasteiger partial charge in [-0.25, -0.2) is 14.1 Å². The molecule has 4 rings (SSSR count). The van der Waals surface area contributed by atoms with E-state index in [1.54, 1.807) is 9.36 Å². The second kappa shape index (κ2) is 24.0. The van der Waals surface area contributed by atoms with Crippen LogP contribution in [0.15, 0.2) is 26.8 Å². The fraction of sp³-hybridized carbons (Fsp3) is 0.567. The number of carboxylic acid groups (broad SMARTS) is 1. The number of nitrogens with one attached hydrogen (secondary N) is 3. The van der Waals surface area contributed by atoms with Crippen molar-refractivity contribution >= 4 is 94.3 Å². The van der Waals surface area contributed by atoms with Crippen LogP contribution in [0.4, 0.5) is 22.0 Å². The highest BCUT2D eigenvalue weighted by Gasteiger charge is 2.16. The van der Waals surface area contributed by atoms with Gasteiger partial charge in [0, 0.05) is 30.1 Å². The maximum absolute atomic E-state index is 14.3. The summed E-state index contributed by atoms with van der Waals surface area (Å²) in [6, 6.07) is 2.64. The molecule has 0 saturated carbocycles. The fourth-order valence-electron chi connectivity index (χ4n) is 3.71. The van der Waals surface area contributed by atoms with Crippen molar-refractivity contribution in [2.45, 2.75) is 64.1 Å². The minimum atomic E-state index is -4.35. The molecule has 1 aromatic carbocycles. The number of hydrogen-bond acceptors (Lipinski definition) is 15. The maximum atomic E-state index is 14.3. The molecule has 1 aliphatic rings. The number of carbonyl (C=O) groups excluding carboxylic acids is 1. The van der Waals surface area contributed by atoms with Gasteiger partial charge >= 0.3 is 16.8 Å². The topological polar surface area (TPSA) is 238 Å². The van der Waals surface area contributed by atoms with Crippen LogP contribution < -0.4 is 30.5 Å². The van der Waals surface area contributed by atoms with Crippen molar-refractivity contribution in [1.82, 2.24) is 29.6 Å². The number of esters is 1. The van der Waals surface area contributed by atoms with E-state index in [0.29, 0.717) is 45.6 Å². The second-order valence-corrected chi connectivity index (χ2v) is 19.0. The second-order valence-electron chi connectivity index (χ2n) is 12.3. The minimum Gasteiger partial charge on any atom is -0.778 e. The molecule has 1 unspecified atom stereocenters. The summed E-state index contributed by atoms with van der Waals surface area (Å²) >= 11 is 13.9. The van der Waals surface area contributed by atoms with Gasteiger partial charge in [-0.05, 0) is 86.5 Å². The summed E-state index contributed by atoms with van der Waals surface area (Å²) in [4.78, 5) is 68.4. The highest BCUT2D eigenvalue weighted by Crippen LogP contribution is 2.33. The standard InChI is InChI=1S/C15H15ClFN3O3S2.C9H16ClN5.C3H8NO5P.C3H9S/c1-23-13(21)8-24-12-7-11(10(17)6-9(12)16)18-14-19-4-2-3-5-20(19)15(22)25-14;1-5-11-7-12-6(10)13-8(14-7)15-9(2,3)4;5-3(6)1-4-2-10(7,8)9;1-4(2)3/h6-7H,2-5,8H2,1H3;5H2,1-4H3,(H2,11,12,13,14,15);4H,1-2H2,(H,5,6)(H2,7,8,9);1-3H3/q;;;+1/p-1. The van der Waals surface area contributed by atoms with Crippen molar-refractivity contribution in [1.29, 1.82) is 0 Å². The van der Waals surface area contributed by atoms with Crippen LogP contribution >= 0.6 is 53.9 Å². The lowest BCUT2D eigenvalue weighted by Crippen LogP contribution is -2.31. The average molecular weight is 879 g/mol. The van der Waals surface area contributed by atoms with Gasteiger partial charge in [0.1, 0.15) is 19.1 Å². The first-order valence-corrected chi connectivity index (χ1v) is 22.7. The number of halogens is 3. The van der Waals surface area contributed by atoms with Crippen LogP contribution in [-0.4, -0.2) is 103 Å². The number of fused-ring (bicyclic) bond motifs is 1. The molecule has 17 nitrogen and oxygen atoms in total. The lowest BCUT2D eigenvalue weighted by molar-refractivity contribution is -0.193. The number of anilines is 2. The molecule has 1 atom stereocenters. The van der Waals surface area contributed by atoms with Gasteiger partial charge in [0.2, 0.25) is 22.0 Å². The number of nitrogens with zero attached hydrogens (tertiary/aromatic N) is 6. The summed E-state index contributed by atoms with van der Waals surface area (Å²) < 4.78 is 32.2.